The maximum absolute atomic E-state index is 8.70. The first-order valence-corrected chi connectivity index (χ1v) is 7.71. The number of nitrogens with zero attached hydrogens (tertiary/aromatic N) is 2. The van der Waals surface area contributed by atoms with E-state index in [0.29, 0.717) is 13.0 Å². The van der Waals surface area contributed by atoms with Crippen molar-refractivity contribution in [3.05, 3.63) is 42.2 Å². The molecule has 4 nitrogen and oxygen atoms in total. The Labute approximate surface area is 129 Å². The third-order valence-electron chi connectivity index (χ3n) is 2.66. The Hall–Kier alpha value is -1.90. The minimum atomic E-state index is 0.0909. The van der Waals surface area contributed by atoms with Gasteiger partial charge >= 0.3 is 0 Å². The highest BCUT2D eigenvalue weighted by molar-refractivity contribution is 7.99. The molecule has 0 atom stereocenters. The summed E-state index contributed by atoms with van der Waals surface area (Å²) in [5.74, 6) is 7.55. The second kappa shape index (κ2) is 8.40. The number of ether oxygens (including phenoxy) is 1. The Kier molecular flexibility index (Phi) is 6.20. The minimum absolute atomic E-state index is 0.0909. The van der Waals surface area contributed by atoms with Crippen LogP contribution in [0.2, 0.25) is 0 Å². The van der Waals surface area contributed by atoms with Crippen molar-refractivity contribution in [3.8, 4) is 17.6 Å². The summed E-state index contributed by atoms with van der Waals surface area (Å²) in [6, 6.07) is 7.68. The molecule has 110 valence electrons. The van der Waals surface area contributed by atoms with E-state index in [-0.39, 0.29) is 6.61 Å². The third kappa shape index (κ3) is 5.18. The molecular formula is C16H18N2O2S. The maximum Gasteiger partial charge on any atom is 0.167 e. The fourth-order valence-electron chi connectivity index (χ4n) is 1.67. The number of hydrogen-bond acceptors (Lipinski definition) is 4. The molecular weight excluding hydrogens is 284 g/mol. The van der Waals surface area contributed by atoms with Crippen LogP contribution in [0, 0.1) is 11.8 Å². The van der Waals surface area contributed by atoms with Crippen molar-refractivity contribution >= 4 is 11.8 Å². The molecule has 0 unspecified atom stereocenters. The normalized spacial score (nSPS) is 10.0. The number of rotatable bonds is 6. The van der Waals surface area contributed by atoms with E-state index in [2.05, 4.69) is 16.8 Å². The lowest BCUT2D eigenvalue weighted by Gasteiger charge is -2.06. The number of aryl methyl sites for hydroxylation is 1. The van der Waals surface area contributed by atoms with Crippen LogP contribution in [0.1, 0.15) is 12.0 Å². The second-order valence-corrected chi connectivity index (χ2v) is 5.38. The quantitative estimate of drug-likeness (QED) is 0.505. The standard InChI is InChI=1S/C16H18N2O2S/c1-18-9-8-17-16(18)21-12-11-20-15-7-4-6-14(13-15)5-2-3-10-19/h4,6-9,13,19H,3,10-12H2,1H3. The van der Waals surface area contributed by atoms with Crippen LogP contribution in [0.4, 0.5) is 0 Å². The molecule has 21 heavy (non-hydrogen) atoms. The topological polar surface area (TPSA) is 47.3 Å². The van der Waals surface area contributed by atoms with Gasteiger partial charge in [-0.1, -0.05) is 29.7 Å². The zero-order valence-corrected chi connectivity index (χ0v) is 12.8. The summed E-state index contributed by atoms with van der Waals surface area (Å²) < 4.78 is 7.70. The molecule has 2 rings (SSSR count). The Morgan fingerprint density at radius 2 is 2.33 bits per heavy atom. The first kappa shape index (κ1) is 15.5. The Morgan fingerprint density at radius 1 is 1.43 bits per heavy atom. The molecule has 1 aromatic carbocycles. The fraction of sp³-hybridized carbons (Fsp3) is 0.312. The lowest BCUT2D eigenvalue weighted by molar-refractivity contribution is 0.305. The molecule has 0 saturated carbocycles. The molecule has 1 N–H and O–H groups in total. The number of thioether (sulfide) groups is 1. The number of imidazole rings is 1. The highest BCUT2D eigenvalue weighted by atomic mass is 32.2. The molecule has 2 aromatic rings. The zero-order chi connectivity index (χ0) is 14.9. The lowest BCUT2D eigenvalue weighted by atomic mass is 10.2. The van der Waals surface area contributed by atoms with Gasteiger partial charge in [0.15, 0.2) is 5.16 Å². The highest BCUT2D eigenvalue weighted by Gasteiger charge is 2.00. The summed E-state index contributed by atoms with van der Waals surface area (Å²) in [5, 5.41) is 9.69. The fourth-order valence-corrected chi connectivity index (χ4v) is 2.42. The average Bonchev–Trinajstić information content (AvgIpc) is 2.90. The van der Waals surface area contributed by atoms with Crippen LogP contribution in [0.15, 0.2) is 41.8 Å². The number of hydrogen-bond donors (Lipinski definition) is 1. The van der Waals surface area contributed by atoms with Gasteiger partial charge in [0.1, 0.15) is 5.75 Å². The van der Waals surface area contributed by atoms with Crippen LogP contribution < -0.4 is 4.74 Å². The molecule has 0 bridgehead atoms. The smallest absolute Gasteiger partial charge is 0.167 e. The lowest BCUT2D eigenvalue weighted by Crippen LogP contribution is -2.01. The van der Waals surface area contributed by atoms with Gasteiger partial charge in [-0.3, -0.25) is 0 Å². The van der Waals surface area contributed by atoms with Gasteiger partial charge < -0.3 is 14.4 Å². The van der Waals surface area contributed by atoms with Crippen molar-refractivity contribution in [2.45, 2.75) is 11.6 Å². The van der Waals surface area contributed by atoms with Gasteiger partial charge in [0.2, 0.25) is 0 Å². The minimum Gasteiger partial charge on any atom is -0.493 e. The third-order valence-corrected chi connectivity index (χ3v) is 3.69. The van der Waals surface area contributed by atoms with E-state index in [1.807, 2.05) is 42.1 Å². The SMILES string of the molecule is Cn1ccnc1SCCOc1cccc(C#CCCO)c1. The molecule has 1 heterocycles. The van der Waals surface area contributed by atoms with E-state index in [4.69, 9.17) is 9.84 Å². The van der Waals surface area contributed by atoms with Crippen molar-refractivity contribution in [1.82, 2.24) is 9.55 Å². The van der Waals surface area contributed by atoms with Crippen LogP contribution in [-0.2, 0) is 7.05 Å². The summed E-state index contributed by atoms with van der Waals surface area (Å²) in [6.07, 6.45) is 4.21. The Bertz CT molecular complexity index is 628. The molecule has 1 aromatic heterocycles. The molecule has 0 fully saturated rings. The van der Waals surface area contributed by atoms with E-state index < -0.39 is 0 Å². The maximum atomic E-state index is 8.70. The second-order valence-electron chi connectivity index (χ2n) is 4.32. The van der Waals surface area contributed by atoms with E-state index >= 15 is 0 Å². The van der Waals surface area contributed by atoms with Crippen molar-refractivity contribution in [2.24, 2.45) is 7.05 Å². The zero-order valence-electron chi connectivity index (χ0n) is 12.0. The van der Waals surface area contributed by atoms with Crippen LogP contribution in [0.25, 0.3) is 0 Å². The van der Waals surface area contributed by atoms with E-state index in [9.17, 15) is 0 Å². The van der Waals surface area contributed by atoms with Crippen LogP contribution in [-0.4, -0.2) is 33.6 Å². The van der Waals surface area contributed by atoms with E-state index in [1.165, 1.54) is 0 Å². The van der Waals surface area contributed by atoms with Crippen molar-refractivity contribution in [1.29, 1.82) is 0 Å². The van der Waals surface area contributed by atoms with Crippen LogP contribution in [0.5, 0.6) is 5.75 Å². The van der Waals surface area contributed by atoms with Crippen molar-refractivity contribution in [3.63, 3.8) is 0 Å². The molecule has 0 spiro atoms. The Balaban J connectivity index is 1.79. The van der Waals surface area contributed by atoms with Gasteiger partial charge in [0.05, 0.1) is 13.2 Å². The largest absolute Gasteiger partial charge is 0.493 e. The van der Waals surface area contributed by atoms with Crippen LogP contribution >= 0.6 is 11.8 Å². The summed E-state index contributed by atoms with van der Waals surface area (Å²) in [6.45, 7) is 0.707. The molecule has 0 aliphatic rings. The molecule has 0 aliphatic carbocycles. The average molecular weight is 302 g/mol. The number of aliphatic hydroxyl groups is 1. The van der Waals surface area contributed by atoms with Gasteiger partial charge in [0.25, 0.3) is 0 Å². The summed E-state index contributed by atoms with van der Waals surface area (Å²) in [4.78, 5) is 4.25. The van der Waals surface area contributed by atoms with Gasteiger partial charge in [-0.25, -0.2) is 4.98 Å². The number of aliphatic hydroxyl groups excluding tert-OH is 1. The van der Waals surface area contributed by atoms with Gasteiger partial charge in [-0.15, -0.1) is 0 Å². The molecule has 0 saturated heterocycles. The summed E-state index contributed by atoms with van der Waals surface area (Å²) in [7, 11) is 1.98. The first-order valence-electron chi connectivity index (χ1n) is 6.72. The number of benzene rings is 1. The predicted octanol–water partition coefficient (Wildman–Crippen LogP) is 2.33. The van der Waals surface area contributed by atoms with E-state index in [1.54, 1.807) is 18.0 Å². The molecule has 0 aliphatic heterocycles. The summed E-state index contributed by atoms with van der Waals surface area (Å²) >= 11 is 1.67. The molecule has 0 amide bonds. The van der Waals surface area contributed by atoms with E-state index in [0.717, 1.165) is 22.2 Å². The summed E-state index contributed by atoms with van der Waals surface area (Å²) in [5.41, 5.74) is 0.901. The predicted molar refractivity (Wildman–Crippen MR) is 84.4 cm³/mol. The Morgan fingerprint density at radius 3 is 3.10 bits per heavy atom. The van der Waals surface area contributed by atoms with Crippen LogP contribution in [0.3, 0.4) is 0 Å². The van der Waals surface area contributed by atoms with Crippen molar-refractivity contribution in [2.75, 3.05) is 19.0 Å². The molecule has 0 radical (unpaired) electrons. The number of aromatic nitrogens is 2. The monoisotopic (exact) mass is 302 g/mol. The van der Waals surface area contributed by atoms with Gasteiger partial charge in [0, 0.05) is 37.2 Å². The first-order chi connectivity index (χ1) is 10.3. The molecule has 5 heteroatoms. The van der Waals surface area contributed by atoms with Crippen molar-refractivity contribution < 1.29 is 9.84 Å². The van der Waals surface area contributed by atoms with Gasteiger partial charge in [-0.2, -0.15) is 0 Å². The highest BCUT2D eigenvalue weighted by Crippen LogP contribution is 2.16. The van der Waals surface area contributed by atoms with Gasteiger partial charge in [-0.05, 0) is 18.2 Å².